The van der Waals surface area contributed by atoms with E-state index in [4.69, 9.17) is 0 Å². The van der Waals surface area contributed by atoms with Crippen LogP contribution in [0, 0.1) is 0 Å². The maximum absolute atomic E-state index is 12.2. The highest BCUT2D eigenvalue weighted by molar-refractivity contribution is 5.85. The summed E-state index contributed by atoms with van der Waals surface area (Å²) < 4.78 is 0. The van der Waals surface area contributed by atoms with Crippen LogP contribution in [0.2, 0.25) is 0 Å². The summed E-state index contributed by atoms with van der Waals surface area (Å²) in [6.07, 6.45) is 1.20. The summed E-state index contributed by atoms with van der Waals surface area (Å²) in [5, 5.41) is 22.6. The SMILES string of the molecule is CC(NC(=O)[C@]1(O)CC[C@@H](O)CC1)c1ccccc1. The molecule has 1 unspecified atom stereocenters. The van der Waals surface area contributed by atoms with Crippen LogP contribution >= 0.6 is 0 Å². The van der Waals surface area contributed by atoms with Gasteiger partial charge in [-0.2, -0.15) is 0 Å². The zero-order valence-electron chi connectivity index (χ0n) is 11.2. The molecule has 1 amide bonds. The quantitative estimate of drug-likeness (QED) is 0.774. The Kier molecular flexibility index (Phi) is 4.22. The average Bonchev–Trinajstić information content (AvgIpc) is 2.43. The summed E-state index contributed by atoms with van der Waals surface area (Å²) in [5.41, 5.74) is -0.322. The van der Waals surface area contributed by atoms with Crippen LogP contribution < -0.4 is 5.32 Å². The largest absolute Gasteiger partial charge is 0.393 e. The Labute approximate surface area is 113 Å². The van der Waals surface area contributed by atoms with Gasteiger partial charge in [-0.3, -0.25) is 4.79 Å². The fourth-order valence-corrected chi connectivity index (χ4v) is 2.46. The highest BCUT2D eigenvalue weighted by Gasteiger charge is 2.39. The first-order valence-corrected chi connectivity index (χ1v) is 6.77. The topological polar surface area (TPSA) is 69.6 Å². The number of aliphatic hydroxyl groups is 2. The molecule has 1 aromatic carbocycles. The van der Waals surface area contributed by atoms with E-state index in [1.54, 1.807) is 0 Å². The maximum atomic E-state index is 12.2. The minimum absolute atomic E-state index is 0.135. The van der Waals surface area contributed by atoms with E-state index in [0.717, 1.165) is 5.56 Å². The van der Waals surface area contributed by atoms with Gasteiger partial charge in [0.1, 0.15) is 5.60 Å². The number of nitrogens with one attached hydrogen (secondary N) is 1. The summed E-state index contributed by atoms with van der Waals surface area (Å²) in [5.74, 6) is -0.337. The number of benzene rings is 1. The van der Waals surface area contributed by atoms with Gasteiger partial charge >= 0.3 is 0 Å². The molecule has 1 aliphatic rings. The van der Waals surface area contributed by atoms with Gasteiger partial charge in [-0.1, -0.05) is 30.3 Å². The zero-order valence-corrected chi connectivity index (χ0v) is 11.2. The number of aliphatic hydroxyl groups excluding tert-OH is 1. The normalized spacial score (nSPS) is 28.7. The molecule has 2 rings (SSSR count). The van der Waals surface area contributed by atoms with Gasteiger partial charge in [0.2, 0.25) is 0 Å². The van der Waals surface area contributed by atoms with Gasteiger partial charge < -0.3 is 15.5 Å². The van der Waals surface area contributed by atoms with E-state index in [0.29, 0.717) is 25.7 Å². The summed E-state index contributed by atoms with van der Waals surface area (Å²) in [4.78, 5) is 12.2. The van der Waals surface area contributed by atoms with Crippen molar-refractivity contribution in [3.05, 3.63) is 35.9 Å². The molecule has 1 aromatic rings. The summed E-state index contributed by atoms with van der Waals surface area (Å²) in [6.45, 7) is 1.90. The molecule has 3 N–H and O–H groups in total. The third-order valence-corrected chi connectivity index (χ3v) is 3.85. The van der Waals surface area contributed by atoms with Gasteiger partial charge in [-0.05, 0) is 38.2 Å². The lowest BCUT2D eigenvalue weighted by Crippen LogP contribution is -2.50. The van der Waals surface area contributed by atoms with Gasteiger partial charge in [-0.15, -0.1) is 0 Å². The molecule has 19 heavy (non-hydrogen) atoms. The molecule has 0 aromatic heterocycles. The number of carbonyl (C=O) groups excluding carboxylic acids is 1. The van der Waals surface area contributed by atoms with Gasteiger partial charge in [0, 0.05) is 0 Å². The standard InChI is InChI=1S/C15H21NO3/c1-11(12-5-3-2-4-6-12)16-14(18)15(19)9-7-13(17)8-10-15/h2-6,11,13,17,19H,7-10H2,1H3,(H,16,18)/t11?,13-,15+. The second-order valence-corrected chi connectivity index (χ2v) is 5.37. The zero-order chi connectivity index (χ0) is 13.9. The molecule has 0 aliphatic heterocycles. The predicted molar refractivity (Wildman–Crippen MR) is 72.4 cm³/mol. The third kappa shape index (κ3) is 3.33. The molecule has 1 aliphatic carbocycles. The van der Waals surface area contributed by atoms with Crippen LogP contribution in [0.5, 0.6) is 0 Å². The Morgan fingerprint density at radius 1 is 1.32 bits per heavy atom. The van der Waals surface area contributed by atoms with Crippen LogP contribution in [0.1, 0.15) is 44.2 Å². The number of amides is 1. The van der Waals surface area contributed by atoms with E-state index in [9.17, 15) is 15.0 Å². The second kappa shape index (κ2) is 5.72. The lowest BCUT2D eigenvalue weighted by Gasteiger charge is -2.33. The van der Waals surface area contributed by atoms with Crippen LogP contribution in [-0.4, -0.2) is 27.8 Å². The van der Waals surface area contributed by atoms with E-state index in [-0.39, 0.29) is 18.1 Å². The summed E-state index contributed by atoms with van der Waals surface area (Å²) >= 11 is 0. The minimum Gasteiger partial charge on any atom is -0.393 e. The lowest BCUT2D eigenvalue weighted by atomic mass is 9.82. The van der Waals surface area contributed by atoms with Crippen LogP contribution in [-0.2, 0) is 4.79 Å². The van der Waals surface area contributed by atoms with Crippen molar-refractivity contribution in [1.82, 2.24) is 5.32 Å². The van der Waals surface area contributed by atoms with E-state index in [2.05, 4.69) is 5.32 Å². The highest BCUT2D eigenvalue weighted by Crippen LogP contribution is 2.29. The lowest BCUT2D eigenvalue weighted by molar-refractivity contribution is -0.146. The number of carbonyl (C=O) groups is 1. The number of hydrogen-bond acceptors (Lipinski definition) is 3. The van der Waals surface area contributed by atoms with Crippen LogP contribution in [0.15, 0.2) is 30.3 Å². The van der Waals surface area contributed by atoms with Crippen LogP contribution in [0.25, 0.3) is 0 Å². The highest BCUT2D eigenvalue weighted by atomic mass is 16.3. The molecule has 0 heterocycles. The monoisotopic (exact) mass is 263 g/mol. The van der Waals surface area contributed by atoms with Gasteiger partial charge in [0.15, 0.2) is 0 Å². The van der Waals surface area contributed by atoms with Crippen molar-refractivity contribution in [2.75, 3.05) is 0 Å². The fourth-order valence-electron chi connectivity index (χ4n) is 2.46. The minimum atomic E-state index is -1.33. The summed E-state index contributed by atoms with van der Waals surface area (Å²) in [7, 11) is 0. The molecule has 0 bridgehead atoms. The number of rotatable bonds is 3. The molecule has 1 atom stereocenters. The first-order chi connectivity index (χ1) is 9.01. The molecule has 1 saturated carbocycles. The first-order valence-electron chi connectivity index (χ1n) is 6.77. The molecule has 4 nitrogen and oxygen atoms in total. The average molecular weight is 263 g/mol. The van der Waals surface area contributed by atoms with E-state index < -0.39 is 5.60 Å². The Bertz CT molecular complexity index is 424. The third-order valence-electron chi connectivity index (χ3n) is 3.85. The molecule has 4 heteroatoms. The first kappa shape index (κ1) is 14.0. The maximum Gasteiger partial charge on any atom is 0.252 e. The van der Waals surface area contributed by atoms with E-state index >= 15 is 0 Å². The fraction of sp³-hybridized carbons (Fsp3) is 0.533. The van der Waals surface area contributed by atoms with Gasteiger partial charge in [0.25, 0.3) is 5.91 Å². The van der Waals surface area contributed by atoms with Crippen molar-refractivity contribution in [3.63, 3.8) is 0 Å². The van der Waals surface area contributed by atoms with Crippen molar-refractivity contribution in [1.29, 1.82) is 0 Å². The van der Waals surface area contributed by atoms with Crippen molar-refractivity contribution < 1.29 is 15.0 Å². The van der Waals surface area contributed by atoms with Crippen molar-refractivity contribution in [2.45, 2.75) is 50.4 Å². The van der Waals surface area contributed by atoms with Crippen molar-refractivity contribution >= 4 is 5.91 Å². The van der Waals surface area contributed by atoms with E-state index in [1.165, 1.54) is 0 Å². The molecule has 1 fully saturated rings. The Morgan fingerprint density at radius 2 is 1.89 bits per heavy atom. The van der Waals surface area contributed by atoms with E-state index in [1.807, 2.05) is 37.3 Å². The molecule has 104 valence electrons. The molecule has 0 spiro atoms. The number of hydrogen-bond donors (Lipinski definition) is 3. The van der Waals surface area contributed by atoms with Crippen LogP contribution in [0.4, 0.5) is 0 Å². The van der Waals surface area contributed by atoms with Gasteiger partial charge in [-0.25, -0.2) is 0 Å². The Morgan fingerprint density at radius 3 is 2.47 bits per heavy atom. The molecule has 0 radical (unpaired) electrons. The Balaban J connectivity index is 1.97. The second-order valence-electron chi connectivity index (χ2n) is 5.37. The van der Waals surface area contributed by atoms with Crippen molar-refractivity contribution in [3.8, 4) is 0 Å². The van der Waals surface area contributed by atoms with Gasteiger partial charge in [0.05, 0.1) is 12.1 Å². The van der Waals surface area contributed by atoms with Crippen molar-refractivity contribution in [2.24, 2.45) is 0 Å². The smallest absolute Gasteiger partial charge is 0.252 e. The Hall–Kier alpha value is -1.39. The van der Waals surface area contributed by atoms with Crippen LogP contribution in [0.3, 0.4) is 0 Å². The molecular weight excluding hydrogens is 242 g/mol. The molecule has 0 saturated heterocycles. The molecular formula is C15H21NO3. The predicted octanol–water partition coefficient (Wildman–Crippen LogP) is 1.53. The summed E-state index contributed by atoms with van der Waals surface area (Å²) in [6, 6.07) is 9.52.